The molecule has 1 N–H and O–H groups in total. The van der Waals surface area contributed by atoms with Crippen LogP contribution < -0.4 is 10.1 Å². The van der Waals surface area contributed by atoms with E-state index in [1.165, 1.54) is 12.1 Å². The minimum absolute atomic E-state index is 0.168. The van der Waals surface area contributed by atoms with Gasteiger partial charge in [0.15, 0.2) is 0 Å². The molecule has 0 radical (unpaired) electrons. The van der Waals surface area contributed by atoms with Crippen LogP contribution in [0, 0.1) is 0 Å². The van der Waals surface area contributed by atoms with E-state index in [1.807, 2.05) is 0 Å². The SMILES string of the molecule is COC1(CNCc2ccc(OC(F)F)cc2)CCOC1. The quantitative estimate of drug-likeness (QED) is 0.834. The first-order chi connectivity index (χ1) is 9.63. The van der Waals surface area contributed by atoms with Gasteiger partial charge in [-0.25, -0.2) is 0 Å². The lowest BCUT2D eigenvalue weighted by atomic mass is 10.0. The van der Waals surface area contributed by atoms with Gasteiger partial charge in [-0.3, -0.25) is 0 Å². The predicted octanol–water partition coefficient (Wildman–Crippen LogP) is 2.18. The first-order valence-electron chi connectivity index (χ1n) is 6.51. The second kappa shape index (κ2) is 6.97. The lowest BCUT2D eigenvalue weighted by molar-refractivity contribution is -0.0498. The molecule has 1 aliphatic rings. The molecule has 1 unspecified atom stereocenters. The number of benzene rings is 1. The molecule has 20 heavy (non-hydrogen) atoms. The summed E-state index contributed by atoms with van der Waals surface area (Å²) in [6.07, 6.45) is 0.873. The van der Waals surface area contributed by atoms with Crippen LogP contribution in [-0.4, -0.2) is 39.1 Å². The topological polar surface area (TPSA) is 39.7 Å². The van der Waals surface area contributed by atoms with E-state index >= 15 is 0 Å². The second-order valence-electron chi connectivity index (χ2n) is 4.82. The molecule has 0 bridgehead atoms. The van der Waals surface area contributed by atoms with Crippen LogP contribution in [0.25, 0.3) is 0 Å². The summed E-state index contributed by atoms with van der Waals surface area (Å²) in [7, 11) is 1.69. The molecule has 1 saturated heterocycles. The minimum atomic E-state index is -2.79. The number of hydrogen-bond acceptors (Lipinski definition) is 4. The molecule has 1 aromatic rings. The summed E-state index contributed by atoms with van der Waals surface area (Å²) in [6, 6.07) is 6.59. The van der Waals surface area contributed by atoms with Crippen LogP contribution in [0.5, 0.6) is 5.75 Å². The molecule has 1 aliphatic heterocycles. The molecule has 2 rings (SSSR count). The zero-order valence-electron chi connectivity index (χ0n) is 11.4. The van der Waals surface area contributed by atoms with Crippen molar-refractivity contribution in [2.45, 2.75) is 25.2 Å². The largest absolute Gasteiger partial charge is 0.435 e. The Morgan fingerprint density at radius 1 is 1.35 bits per heavy atom. The summed E-state index contributed by atoms with van der Waals surface area (Å²) in [4.78, 5) is 0. The summed E-state index contributed by atoms with van der Waals surface area (Å²) in [6.45, 7) is -0.144. The molecule has 1 atom stereocenters. The second-order valence-corrected chi connectivity index (χ2v) is 4.82. The molecule has 4 nitrogen and oxygen atoms in total. The highest BCUT2D eigenvalue weighted by molar-refractivity contribution is 5.27. The first kappa shape index (κ1) is 15.2. The fourth-order valence-corrected chi connectivity index (χ4v) is 2.18. The Labute approximate surface area is 117 Å². The molecule has 0 amide bonds. The zero-order valence-corrected chi connectivity index (χ0v) is 11.4. The molecule has 0 spiro atoms. The summed E-state index contributed by atoms with van der Waals surface area (Å²) in [5.74, 6) is 0.168. The highest BCUT2D eigenvalue weighted by atomic mass is 19.3. The maximum Gasteiger partial charge on any atom is 0.387 e. The number of alkyl halides is 2. The molecule has 1 fully saturated rings. The Kier molecular flexibility index (Phi) is 5.28. The van der Waals surface area contributed by atoms with Crippen molar-refractivity contribution >= 4 is 0 Å². The maximum atomic E-state index is 12.0. The third-order valence-electron chi connectivity index (χ3n) is 3.42. The molecule has 0 aromatic heterocycles. The summed E-state index contributed by atoms with van der Waals surface area (Å²) >= 11 is 0. The van der Waals surface area contributed by atoms with Crippen molar-refractivity contribution in [1.29, 1.82) is 0 Å². The Morgan fingerprint density at radius 3 is 2.65 bits per heavy atom. The molecule has 0 aliphatic carbocycles. The van der Waals surface area contributed by atoms with E-state index in [0.717, 1.165) is 18.6 Å². The number of hydrogen-bond donors (Lipinski definition) is 1. The molecule has 0 saturated carbocycles. The predicted molar refractivity (Wildman–Crippen MR) is 70.0 cm³/mol. The monoisotopic (exact) mass is 287 g/mol. The van der Waals surface area contributed by atoms with E-state index in [0.29, 0.717) is 19.7 Å². The number of halogens is 2. The lowest BCUT2D eigenvalue weighted by Crippen LogP contribution is -2.42. The van der Waals surface area contributed by atoms with Crippen molar-refractivity contribution in [3.8, 4) is 5.75 Å². The van der Waals surface area contributed by atoms with Crippen LogP contribution in [-0.2, 0) is 16.0 Å². The molecular formula is C14H19F2NO3. The Hall–Kier alpha value is -1.24. The van der Waals surface area contributed by atoms with Crippen molar-refractivity contribution in [1.82, 2.24) is 5.32 Å². The van der Waals surface area contributed by atoms with Gasteiger partial charge < -0.3 is 19.5 Å². The molecule has 1 aromatic carbocycles. The molecule has 6 heteroatoms. The summed E-state index contributed by atoms with van der Waals surface area (Å²) in [5, 5.41) is 3.30. The number of ether oxygens (including phenoxy) is 3. The Balaban J connectivity index is 1.79. The standard InChI is InChI=1S/C14H19F2NO3/c1-18-14(6-7-19-10-14)9-17-8-11-2-4-12(5-3-11)20-13(15)16/h2-5,13,17H,6-10H2,1H3. The number of methoxy groups -OCH3 is 1. The fraction of sp³-hybridized carbons (Fsp3) is 0.571. The summed E-state index contributed by atoms with van der Waals surface area (Å²) < 4.78 is 39.2. The van der Waals surface area contributed by atoms with Gasteiger partial charge in [0.25, 0.3) is 0 Å². The van der Waals surface area contributed by atoms with Crippen LogP contribution in [0.1, 0.15) is 12.0 Å². The minimum Gasteiger partial charge on any atom is -0.435 e. The van der Waals surface area contributed by atoms with Crippen LogP contribution in [0.15, 0.2) is 24.3 Å². The number of nitrogens with one attached hydrogen (secondary N) is 1. The van der Waals surface area contributed by atoms with Gasteiger partial charge in [0.2, 0.25) is 0 Å². The van der Waals surface area contributed by atoms with Gasteiger partial charge in [-0.15, -0.1) is 0 Å². The van der Waals surface area contributed by atoms with Crippen LogP contribution in [0.3, 0.4) is 0 Å². The van der Waals surface area contributed by atoms with E-state index in [9.17, 15) is 8.78 Å². The van der Waals surface area contributed by atoms with Crippen molar-refractivity contribution < 1.29 is 23.0 Å². The van der Waals surface area contributed by atoms with Gasteiger partial charge >= 0.3 is 6.61 Å². The van der Waals surface area contributed by atoms with Gasteiger partial charge in [-0.05, 0) is 17.7 Å². The first-order valence-corrected chi connectivity index (χ1v) is 6.51. The van der Waals surface area contributed by atoms with E-state index in [1.54, 1.807) is 19.2 Å². The van der Waals surface area contributed by atoms with Gasteiger partial charge in [0, 0.05) is 33.2 Å². The third kappa shape index (κ3) is 4.13. The average Bonchev–Trinajstić information content (AvgIpc) is 2.90. The third-order valence-corrected chi connectivity index (χ3v) is 3.42. The molecule has 1 heterocycles. The average molecular weight is 287 g/mol. The Morgan fingerprint density at radius 2 is 2.10 bits per heavy atom. The fourth-order valence-electron chi connectivity index (χ4n) is 2.18. The zero-order chi connectivity index (χ0) is 14.4. The highest BCUT2D eigenvalue weighted by Gasteiger charge is 2.34. The maximum absolute atomic E-state index is 12.0. The van der Waals surface area contributed by atoms with E-state index in [-0.39, 0.29) is 11.4 Å². The van der Waals surface area contributed by atoms with E-state index < -0.39 is 6.61 Å². The van der Waals surface area contributed by atoms with E-state index in [4.69, 9.17) is 9.47 Å². The van der Waals surface area contributed by atoms with Crippen molar-refractivity contribution in [2.24, 2.45) is 0 Å². The Bertz CT molecular complexity index is 405. The van der Waals surface area contributed by atoms with Gasteiger partial charge in [-0.1, -0.05) is 12.1 Å². The van der Waals surface area contributed by atoms with Crippen molar-refractivity contribution in [2.75, 3.05) is 26.9 Å². The van der Waals surface area contributed by atoms with Gasteiger partial charge in [-0.2, -0.15) is 8.78 Å². The van der Waals surface area contributed by atoms with Crippen molar-refractivity contribution in [3.05, 3.63) is 29.8 Å². The van der Waals surface area contributed by atoms with Crippen LogP contribution in [0.4, 0.5) is 8.78 Å². The van der Waals surface area contributed by atoms with Gasteiger partial charge in [0.05, 0.1) is 6.61 Å². The van der Waals surface area contributed by atoms with Crippen LogP contribution in [0.2, 0.25) is 0 Å². The number of rotatable bonds is 7. The normalized spacial score (nSPS) is 22.4. The van der Waals surface area contributed by atoms with Crippen molar-refractivity contribution in [3.63, 3.8) is 0 Å². The molecular weight excluding hydrogens is 268 g/mol. The summed E-state index contributed by atoms with van der Waals surface area (Å²) in [5.41, 5.74) is 0.746. The lowest BCUT2D eigenvalue weighted by Gasteiger charge is -2.26. The molecule has 112 valence electrons. The van der Waals surface area contributed by atoms with E-state index in [2.05, 4.69) is 10.1 Å². The highest BCUT2D eigenvalue weighted by Crippen LogP contribution is 2.21. The smallest absolute Gasteiger partial charge is 0.387 e. The van der Waals surface area contributed by atoms with Gasteiger partial charge in [0.1, 0.15) is 11.4 Å². The van der Waals surface area contributed by atoms with Crippen LogP contribution >= 0.6 is 0 Å².